The van der Waals surface area contributed by atoms with E-state index < -0.39 is 0 Å². The van der Waals surface area contributed by atoms with Crippen molar-refractivity contribution in [3.8, 4) is 0 Å². The Hall–Kier alpha value is -1.31. The Bertz CT molecular complexity index is 423. The zero-order valence-corrected chi connectivity index (χ0v) is 8.82. The third-order valence-corrected chi connectivity index (χ3v) is 3.63. The van der Waals surface area contributed by atoms with Crippen molar-refractivity contribution >= 4 is 5.97 Å². The molecule has 2 aliphatic rings. The molecule has 0 N–H and O–H groups in total. The molecule has 3 rings (SSSR count). The number of rotatable bonds is 0. The Morgan fingerprint density at radius 2 is 2.27 bits per heavy atom. The highest BCUT2D eigenvalue weighted by Crippen LogP contribution is 2.41. The van der Waals surface area contributed by atoms with E-state index in [1.165, 1.54) is 16.7 Å². The zero-order valence-electron chi connectivity index (χ0n) is 8.82. The van der Waals surface area contributed by atoms with Gasteiger partial charge in [0.1, 0.15) is 6.10 Å². The van der Waals surface area contributed by atoms with Crippen LogP contribution in [0.25, 0.3) is 0 Å². The molecule has 2 bridgehead atoms. The fraction of sp³-hybridized carbons (Fsp3) is 0.462. The number of fused-ring (bicyclic) bond motifs is 4. The quantitative estimate of drug-likeness (QED) is 0.604. The van der Waals surface area contributed by atoms with Gasteiger partial charge in [-0.2, -0.15) is 0 Å². The van der Waals surface area contributed by atoms with Crippen LogP contribution in [0, 0.1) is 12.8 Å². The minimum atomic E-state index is 0.00663. The second kappa shape index (κ2) is 3.09. The largest absolute Gasteiger partial charge is 0.457 e. The van der Waals surface area contributed by atoms with E-state index in [0.29, 0.717) is 0 Å². The molecule has 78 valence electrons. The molecule has 2 heteroatoms. The van der Waals surface area contributed by atoms with Gasteiger partial charge in [-0.25, -0.2) is 0 Å². The number of hydrogen-bond acceptors (Lipinski definition) is 2. The molecule has 1 aliphatic carbocycles. The topological polar surface area (TPSA) is 26.3 Å². The third kappa shape index (κ3) is 1.28. The second-order valence-electron chi connectivity index (χ2n) is 4.54. The van der Waals surface area contributed by atoms with Crippen molar-refractivity contribution in [3.63, 3.8) is 0 Å². The van der Waals surface area contributed by atoms with Crippen LogP contribution in [0.3, 0.4) is 0 Å². The summed E-state index contributed by atoms with van der Waals surface area (Å²) >= 11 is 0. The summed E-state index contributed by atoms with van der Waals surface area (Å²) in [5, 5.41) is 0. The van der Waals surface area contributed by atoms with Gasteiger partial charge in [0.05, 0.1) is 5.92 Å². The number of carbonyl (C=O) groups excluding carboxylic acids is 1. The van der Waals surface area contributed by atoms with Crippen molar-refractivity contribution in [2.75, 3.05) is 0 Å². The van der Waals surface area contributed by atoms with Crippen LogP contribution in [-0.2, 0) is 16.0 Å². The van der Waals surface area contributed by atoms with Gasteiger partial charge in [-0.1, -0.05) is 18.2 Å². The van der Waals surface area contributed by atoms with Crippen molar-refractivity contribution in [1.82, 2.24) is 0 Å². The second-order valence-corrected chi connectivity index (χ2v) is 4.54. The number of esters is 1. The van der Waals surface area contributed by atoms with Crippen LogP contribution >= 0.6 is 0 Å². The maximum atomic E-state index is 11.5. The van der Waals surface area contributed by atoms with E-state index >= 15 is 0 Å². The smallest absolute Gasteiger partial charge is 0.309 e. The van der Waals surface area contributed by atoms with Crippen molar-refractivity contribution < 1.29 is 9.53 Å². The molecule has 0 radical (unpaired) electrons. The number of aryl methyl sites for hydroxylation is 1. The summed E-state index contributed by atoms with van der Waals surface area (Å²) in [5.74, 6) is 0.147. The number of hydrogen-bond donors (Lipinski definition) is 0. The van der Waals surface area contributed by atoms with Gasteiger partial charge >= 0.3 is 5.97 Å². The van der Waals surface area contributed by atoms with Gasteiger partial charge in [0.15, 0.2) is 0 Å². The van der Waals surface area contributed by atoms with Crippen LogP contribution < -0.4 is 0 Å². The van der Waals surface area contributed by atoms with Crippen molar-refractivity contribution in [2.24, 2.45) is 5.92 Å². The lowest BCUT2D eigenvalue weighted by atomic mass is 9.96. The van der Waals surface area contributed by atoms with E-state index in [1.807, 2.05) is 0 Å². The minimum absolute atomic E-state index is 0.00663. The number of carbonyl (C=O) groups is 1. The minimum Gasteiger partial charge on any atom is -0.457 e. The fourth-order valence-electron chi connectivity index (χ4n) is 2.75. The molecule has 2 nitrogen and oxygen atoms in total. The van der Waals surface area contributed by atoms with E-state index in [-0.39, 0.29) is 18.0 Å². The summed E-state index contributed by atoms with van der Waals surface area (Å²) in [4.78, 5) is 11.5. The van der Waals surface area contributed by atoms with E-state index in [4.69, 9.17) is 4.74 Å². The molecule has 1 heterocycles. The van der Waals surface area contributed by atoms with Crippen LogP contribution in [-0.4, -0.2) is 5.97 Å². The van der Waals surface area contributed by atoms with Gasteiger partial charge in [-0.05, 0) is 36.5 Å². The Morgan fingerprint density at radius 1 is 1.40 bits per heavy atom. The molecule has 0 aromatic heterocycles. The highest BCUT2D eigenvalue weighted by molar-refractivity contribution is 5.75. The Balaban J connectivity index is 2.11. The molecular weight excluding hydrogens is 188 g/mol. The fourth-order valence-corrected chi connectivity index (χ4v) is 2.75. The molecular formula is C13H14O2. The lowest BCUT2D eigenvalue weighted by molar-refractivity contribution is -0.144. The van der Waals surface area contributed by atoms with Gasteiger partial charge in [-0.3, -0.25) is 4.79 Å². The van der Waals surface area contributed by atoms with E-state index in [2.05, 4.69) is 25.1 Å². The highest BCUT2D eigenvalue weighted by Gasteiger charge is 2.38. The van der Waals surface area contributed by atoms with Crippen LogP contribution in [0.5, 0.6) is 0 Å². The van der Waals surface area contributed by atoms with E-state index in [9.17, 15) is 4.79 Å². The standard InChI is InChI=1S/C13H14O2/c1-8-3-2-4-11-10(8)6-5-9-7-12(11)15-13(9)14/h2-4,9,12H,5-7H2,1H3/t9-,12-/m1/s1. The first-order valence-corrected chi connectivity index (χ1v) is 5.54. The normalized spacial score (nSPS) is 28.2. The summed E-state index contributed by atoms with van der Waals surface area (Å²) in [5.41, 5.74) is 3.97. The zero-order chi connectivity index (χ0) is 10.4. The summed E-state index contributed by atoms with van der Waals surface area (Å²) in [6, 6.07) is 6.30. The predicted octanol–water partition coefficient (Wildman–Crippen LogP) is 2.55. The van der Waals surface area contributed by atoms with Crippen LogP contribution in [0.4, 0.5) is 0 Å². The third-order valence-electron chi connectivity index (χ3n) is 3.63. The molecule has 1 aromatic rings. The molecule has 0 spiro atoms. The molecule has 1 aliphatic heterocycles. The molecule has 2 atom stereocenters. The average molecular weight is 202 g/mol. The highest BCUT2D eigenvalue weighted by atomic mass is 16.6. The Labute approximate surface area is 89.2 Å². The van der Waals surface area contributed by atoms with E-state index in [0.717, 1.165) is 19.3 Å². The average Bonchev–Trinajstić information content (AvgIpc) is 2.45. The SMILES string of the molecule is Cc1cccc2c1CC[C@@H]1C[C@H]2OC1=O. The van der Waals surface area contributed by atoms with E-state index in [1.54, 1.807) is 0 Å². The molecule has 15 heavy (non-hydrogen) atoms. The number of benzene rings is 1. The monoisotopic (exact) mass is 202 g/mol. The maximum absolute atomic E-state index is 11.5. The van der Waals surface area contributed by atoms with Gasteiger partial charge in [0.2, 0.25) is 0 Å². The maximum Gasteiger partial charge on any atom is 0.309 e. The van der Waals surface area contributed by atoms with Crippen molar-refractivity contribution in [1.29, 1.82) is 0 Å². The summed E-state index contributed by atoms with van der Waals surface area (Å²) in [7, 11) is 0. The predicted molar refractivity (Wildman–Crippen MR) is 56.4 cm³/mol. The molecule has 1 aromatic carbocycles. The Morgan fingerprint density at radius 3 is 3.13 bits per heavy atom. The van der Waals surface area contributed by atoms with Crippen LogP contribution in [0.15, 0.2) is 18.2 Å². The van der Waals surface area contributed by atoms with Crippen LogP contribution in [0.1, 0.15) is 35.6 Å². The first kappa shape index (κ1) is 8.96. The van der Waals surface area contributed by atoms with Gasteiger partial charge in [-0.15, -0.1) is 0 Å². The summed E-state index contributed by atoms with van der Waals surface area (Å²) < 4.78 is 5.41. The summed E-state index contributed by atoms with van der Waals surface area (Å²) in [6.07, 6.45) is 2.89. The molecule has 0 amide bonds. The van der Waals surface area contributed by atoms with Crippen molar-refractivity contribution in [2.45, 2.75) is 32.3 Å². The molecule has 0 unspecified atom stereocenters. The van der Waals surface area contributed by atoms with Gasteiger partial charge in [0.25, 0.3) is 0 Å². The molecule has 1 fully saturated rings. The Kier molecular flexibility index (Phi) is 1.84. The lowest BCUT2D eigenvalue weighted by Crippen LogP contribution is -2.11. The number of ether oxygens (including phenoxy) is 1. The lowest BCUT2D eigenvalue weighted by Gasteiger charge is -2.16. The first-order valence-electron chi connectivity index (χ1n) is 5.54. The van der Waals surface area contributed by atoms with Gasteiger partial charge < -0.3 is 4.74 Å². The van der Waals surface area contributed by atoms with Gasteiger partial charge in [0, 0.05) is 6.42 Å². The molecule has 0 saturated carbocycles. The van der Waals surface area contributed by atoms with Crippen molar-refractivity contribution in [3.05, 3.63) is 34.9 Å². The van der Waals surface area contributed by atoms with Crippen LogP contribution in [0.2, 0.25) is 0 Å². The summed E-state index contributed by atoms with van der Waals surface area (Å²) in [6.45, 7) is 2.14. The molecule has 1 saturated heterocycles. The first-order chi connectivity index (χ1) is 7.25.